The van der Waals surface area contributed by atoms with E-state index in [1.165, 1.54) is 0 Å². The average molecular weight is 228 g/mol. The van der Waals surface area contributed by atoms with E-state index in [0.717, 1.165) is 10.9 Å². The molecule has 3 nitrogen and oxygen atoms in total. The Bertz CT molecular complexity index is 534. The van der Waals surface area contributed by atoms with Crippen LogP contribution in [0.1, 0.15) is 24.3 Å². The summed E-state index contributed by atoms with van der Waals surface area (Å²) in [5.74, 6) is 0.337. The number of nitrogens with zero attached hydrogens (tertiary/aromatic N) is 1. The summed E-state index contributed by atoms with van der Waals surface area (Å²) in [6.07, 6.45) is 0. The number of carbonyl (C=O) groups excluding carboxylic acids is 1. The van der Waals surface area contributed by atoms with Crippen LogP contribution in [0.3, 0.4) is 0 Å². The Balaban J connectivity index is 2.21. The van der Waals surface area contributed by atoms with Crippen molar-refractivity contribution in [1.82, 2.24) is 10.3 Å². The standard InChI is InChI=1S/C14H16N2O/c1-10(2)9-15-14(17)13-8-7-11-5-3-4-6-12(11)16-13/h3-8,10H,9H2,1-2H3,(H,15,17). The first-order chi connectivity index (χ1) is 8.16. The molecule has 0 aliphatic rings. The zero-order valence-corrected chi connectivity index (χ0v) is 10.1. The van der Waals surface area contributed by atoms with Crippen LogP contribution in [0.15, 0.2) is 36.4 Å². The second-order valence-corrected chi connectivity index (χ2v) is 4.49. The SMILES string of the molecule is CC(C)CNC(=O)c1ccc2ccccc2n1. The molecule has 0 radical (unpaired) electrons. The van der Waals surface area contributed by atoms with Crippen molar-refractivity contribution in [2.45, 2.75) is 13.8 Å². The van der Waals surface area contributed by atoms with Gasteiger partial charge in [-0.25, -0.2) is 4.98 Å². The Morgan fingerprint density at radius 1 is 1.24 bits per heavy atom. The maximum atomic E-state index is 11.8. The maximum Gasteiger partial charge on any atom is 0.269 e. The third kappa shape index (κ3) is 2.81. The number of hydrogen-bond acceptors (Lipinski definition) is 2. The van der Waals surface area contributed by atoms with Gasteiger partial charge in [-0.2, -0.15) is 0 Å². The first-order valence-corrected chi connectivity index (χ1v) is 5.81. The van der Waals surface area contributed by atoms with Crippen molar-refractivity contribution in [2.75, 3.05) is 6.54 Å². The van der Waals surface area contributed by atoms with Gasteiger partial charge in [0.2, 0.25) is 0 Å². The van der Waals surface area contributed by atoms with Crippen molar-refractivity contribution in [1.29, 1.82) is 0 Å². The minimum atomic E-state index is -0.107. The summed E-state index contributed by atoms with van der Waals surface area (Å²) in [5.41, 5.74) is 1.33. The summed E-state index contributed by atoms with van der Waals surface area (Å²) >= 11 is 0. The highest BCUT2D eigenvalue weighted by atomic mass is 16.1. The predicted octanol–water partition coefficient (Wildman–Crippen LogP) is 2.62. The Morgan fingerprint density at radius 3 is 2.76 bits per heavy atom. The summed E-state index contributed by atoms with van der Waals surface area (Å²) in [6, 6.07) is 11.5. The van der Waals surface area contributed by atoms with Crippen molar-refractivity contribution in [3.05, 3.63) is 42.1 Å². The summed E-state index contributed by atoms with van der Waals surface area (Å²) in [6.45, 7) is 4.80. The Morgan fingerprint density at radius 2 is 2.00 bits per heavy atom. The number of carbonyl (C=O) groups is 1. The van der Waals surface area contributed by atoms with Crippen molar-refractivity contribution in [2.24, 2.45) is 5.92 Å². The smallest absolute Gasteiger partial charge is 0.269 e. The van der Waals surface area contributed by atoms with E-state index < -0.39 is 0 Å². The molecule has 0 bridgehead atoms. The monoisotopic (exact) mass is 228 g/mol. The highest BCUT2D eigenvalue weighted by Crippen LogP contribution is 2.11. The molecule has 1 heterocycles. The lowest BCUT2D eigenvalue weighted by atomic mass is 10.2. The molecule has 0 saturated carbocycles. The van der Waals surface area contributed by atoms with Gasteiger partial charge in [0.25, 0.3) is 5.91 Å². The molecule has 2 aromatic rings. The lowest BCUT2D eigenvalue weighted by molar-refractivity contribution is 0.0944. The Kier molecular flexibility index (Phi) is 3.38. The number of nitrogens with one attached hydrogen (secondary N) is 1. The van der Waals surface area contributed by atoms with Crippen LogP contribution in [-0.2, 0) is 0 Å². The fourth-order valence-electron chi connectivity index (χ4n) is 1.58. The van der Waals surface area contributed by atoms with Gasteiger partial charge in [-0.15, -0.1) is 0 Å². The Hall–Kier alpha value is -1.90. The van der Waals surface area contributed by atoms with Gasteiger partial charge in [-0.1, -0.05) is 38.1 Å². The molecule has 2 rings (SSSR count). The van der Waals surface area contributed by atoms with E-state index in [4.69, 9.17) is 0 Å². The number of pyridine rings is 1. The maximum absolute atomic E-state index is 11.8. The molecular formula is C14H16N2O. The van der Waals surface area contributed by atoms with Crippen LogP contribution in [-0.4, -0.2) is 17.4 Å². The summed E-state index contributed by atoms with van der Waals surface area (Å²) < 4.78 is 0. The third-order valence-electron chi connectivity index (χ3n) is 2.50. The van der Waals surface area contributed by atoms with E-state index in [1.54, 1.807) is 6.07 Å². The predicted molar refractivity (Wildman–Crippen MR) is 68.9 cm³/mol. The van der Waals surface area contributed by atoms with Crippen molar-refractivity contribution in [3.8, 4) is 0 Å². The number of para-hydroxylation sites is 1. The normalized spacial score (nSPS) is 10.8. The van der Waals surface area contributed by atoms with Crippen LogP contribution in [0.2, 0.25) is 0 Å². The van der Waals surface area contributed by atoms with Crippen LogP contribution in [0.25, 0.3) is 10.9 Å². The highest BCUT2D eigenvalue weighted by Gasteiger charge is 2.07. The van der Waals surface area contributed by atoms with Crippen LogP contribution >= 0.6 is 0 Å². The van der Waals surface area contributed by atoms with Crippen LogP contribution in [0.5, 0.6) is 0 Å². The average Bonchev–Trinajstić information content (AvgIpc) is 2.35. The van der Waals surface area contributed by atoms with E-state index in [9.17, 15) is 4.79 Å². The number of benzene rings is 1. The molecule has 0 fully saturated rings. The fourth-order valence-corrected chi connectivity index (χ4v) is 1.58. The van der Waals surface area contributed by atoms with Gasteiger partial charge in [0, 0.05) is 11.9 Å². The summed E-state index contributed by atoms with van der Waals surface area (Å²) in [4.78, 5) is 16.2. The van der Waals surface area contributed by atoms with Crippen molar-refractivity contribution >= 4 is 16.8 Å². The molecule has 0 atom stereocenters. The number of amides is 1. The molecule has 0 aliphatic carbocycles. The zero-order chi connectivity index (χ0) is 12.3. The summed E-state index contributed by atoms with van der Waals surface area (Å²) in [5, 5.41) is 3.91. The minimum Gasteiger partial charge on any atom is -0.350 e. The lowest BCUT2D eigenvalue weighted by Crippen LogP contribution is -2.27. The van der Waals surface area contributed by atoms with E-state index >= 15 is 0 Å². The van der Waals surface area contributed by atoms with Gasteiger partial charge in [-0.3, -0.25) is 4.79 Å². The summed E-state index contributed by atoms with van der Waals surface area (Å²) in [7, 11) is 0. The van der Waals surface area contributed by atoms with Crippen molar-refractivity contribution < 1.29 is 4.79 Å². The number of rotatable bonds is 3. The first-order valence-electron chi connectivity index (χ1n) is 5.81. The molecule has 1 N–H and O–H groups in total. The third-order valence-corrected chi connectivity index (χ3v) is 2.50. The highest BCUT2D eigenvalue weighted by molar-refractivity contribution is 5.94. The van der Waals surface area contributed by atoms with Gasteiger partial charge in [0.05, 0.1) is 5.52 Å². The lowest BCUT2D eigenvalue weighted by Gasteiger charge is -2.07. The van der Waals surface area contributed by atoms with E-state index in [-0.39, 0.29) is 5.91 Å². The molecule has 88 valence electrons. The number of aromatic nitrogens is 1. The topological polar surface area (TPSA) is 42.0 Å². The van der Waals surface area contributed by atoms with E-state index in [1.807, 2.05) is 30.3 Å². The minimum absolute atomic E-state index is 0.107. The number of hydrogen-bond donors (Lipinski definition) is 1. The van der Waals surface area contributed by atoms with Gasteiger partial charge in [-0.05, 0) is 18.1 Å². The fraction of sp³-hybridized carbons (Fsp3) is 0.286. The molecule has 17 heavy (non-hydrogen) atoms. The van der Waals surface area contributed by atoms with Crippen LogP contribution < -0.4 is 5.32 Å². The molecule has 0 saturated heterocycles. The van der Waals surface area contributed by atoms with Crippen molar-refractivity contribution in [3.63, 3.8) is 0 Å². The van der Waals surface area contributed by atoms with Gasteiger partial charge >= 0.3 is 0 Å². The number of fused-ring (bicyclic) bond motifs is 1. The molecule has 1 aromatic heterocycles. The molecule has 0 unspecified atom stereocenters. The van der Waals surface area contributed by atoms with Crippen LogP contribution in [0, 0.1) is 5.92 Å². The first kappa shape index (κ1) is 11.6. The quantitative estimate of drug-likeness (QED) is 0.877. The molecule has 1 aromatic carbocycles. The largest absolute Gasteiger partial charge is 0.350 e. The Labute approximate surface area is 101 Å². The van der Waals surface area contributed by atoms with Gasteiger partial charge < -0.3 is 5.32 Å². The van der Waals surface area contributed by atoms with E-state index in [0.29, 0.717) is 18.2 Å². The molecule has 1 amide bonds. The van der Waals surface area contributed by atoms with E-state index in [2.05, 4.69) is 24.1 Å². The van der Waals surface area contributed by atoms with Gasteiger partial charge in [0.1, 0.15) is 5.69 Å². The van der Waals surface area contributed by atoms with Crippen LogP contribution in [0.4, 0.5) is 0 Å². The zero-order valence-electron chi connectivity index (χ0n) is 10.1. The second kappa shape index (κ2) is 4.95. The second-order valence-electron chi connectivity index (χ2n) is 4.49. The molecule has 3 heteroatoms. The molecular weight excluding hydrogens is 212 g/mol. The van der Waals surface area contributed by atoms with Gasteiger partial charge in [0.15, 0.2) is 0 Å². The molecule has 0 spiro atoms. The molecule has 0 aliphatic heterocycles.